The van der Waals surface area contributed by atoms with Crippen molar-refractivity contribution in [2.75, 3.05) is 0 Å². The first-order valence-electron chi connectivity index (χ1n) is 4.69. The Balaban J connectivity index is 2.72. The molecule has 3 nitrogen and oxygen atoms in total. The van der Waals surface area contributed by atoms with Crippen LogP contribution in [0.4, 0.5) is 8.78 Å². The second kappa shape index (κ2) is 3.59. The molecule has 2 rings (SSSR count). The second-order valence-electron chi connectivity index (χ2n) is 3.50. The standard InChI is InChI=1S/C11H10F2N2O/c1-6-11(16)10(14-15(6)2)9-7(12)4-3-5-8(9)13/h3-5,16H,1-2H3. The van der Waals surface area contributed by atoms with E-state index in [1.54, 1.807) is 14.0 Å². The topological polar surface area (TPSA) is 38.1 Å². The molecule has 0 spiro atoms. The first-order chi connectivity index (χ1) is 7.52. The molecule has 5 heteroatoms. The third-order valence-corrected chi connectivity index (χ3v) is 2.50. The number of nitrogens with zero attached hydrogens (tertiary/aromatic N) is 2. The Bertz CT molecular complexity index is 529. The van der Waals surface area contributed by atoms with Crippen molar-refractivity contribution in [1.82, 2.24) is 9.78 Å². The van der Waals surface area contributed by atoms with Gasteiger partial charge in [0, 0.05) is 7.05 Å². The van der Waals surface area contributed by atoms with Gasteiger partial charge in [-0.25, -0.2) is 8.78 Å². The second-order valence-corrected chi connectivity index (χ2v) is 3.50. The lowest BCUT2D eigenvalue weighted by Gasteiger charge is -2.01. The Labute approximate surface area is 91.0 Å². The average molecular weight is 224 g/mol. The summed E-state index contributed by atoms with van der Waals surface area (Å²) in [4.78, 5) is 0. The number of rotatable bonds is 1. The SMILES string of the molecule is Cc1c(O)c(-c2c(F)cccc2F)nn1C. The highest BCUT2D eigenvalue weighted by Gasteiger charge is 2.20. The van der Waals surface area contributed by atoms with Crippen molar-refractivity contribution in [2.24, 2.45) is 7.05 Å². The fraction of sp³-hybridized carbons (Fsp3) is 0.182. The van der Waals surface area contributed by atoms with Crippen molar-refractivity contribution in [1.29, 1.82) is 0 Å². The molecule has 0 radical (unpaired) electrons. The Morgan fingerprint density at radius 1 is 1.25 bits per heavy atom. The van der Waals surface area contributed by atoms with E-state index in [2.05, 4.69) is 5.10 Å². The number of halogens is 2. The Morgan fingerprint density at radius 2 is 1.81 bits per heavy atom. The molecule has 16 heavy (non-hydrogen) atoms. The van der Waals surface area contributed by atoms with Crippen molar-refractivity contribution < 1.29 is 13.9 Å². The predicted molar refractivity (Wildman–Crippen MR) is 55.0 cm³/mol. The van der Waals surface area contributed by atoms with Crippen LogP contribution in [0.1, 0.15) is 5.69 Å². The maximum Gasteiger partial charge on any atom is 0.164 e. The molecule has 84 valence electrons. The summed E-state index contributed by atoms with van der Waals surface area (Å²) in [6.07, 6.45) is 0. The van der Waals surface area contributed by atoms with E-state index in [0.717, 1.165) is 12.1 Å². The lowest BCUT2D eigenvalue weighted by molar-refractivity contribution is 0.470. The highest BCUT2D eigenvalue weighted by molar-refractivity contribution is 5.68. The van der Waals surface area contributed by atoms with Gasteiger partial charge in [-0.15, -0.1) is 0 Å². The van der Waals surface area contributed by atoms with Crippen molar-refractivity contribution >= 4 is 0 Å². The minimum Gasteiger partial charge on any atom is -0.504 e. The maximum absolute atomic E-state index is 13.5. The number of aromatic hydroxyl groups is 1. The monoisotopic (exact) mass is 224 g/mol. The third-order valence-electron chi connectivity index (χ3n) is 2.50. The Morgan fingerprint density at radius 3 is 2.25 bits per heavy atom. The summed E-state index contributed by atoms with van der Waals surface area (Å²) >= 11 is 0. The molecule has 0 fully saturated rings. The minimum atomic E-state index is -0.742. The van der Waals surface area contributed by atoms with Crippen LogP contribution < -0.4 is 0 Å². The molecular formula is C11H10F2N2O. The lowest BCUT2D eigenvalue weighted by atomic mass is 10.1. The number of benzene rings is 1. The van der Waals surface area contributed by atoms with Crippen molar-refractivity contribution in [3.63, 3.8) is 0 Å². The summed E-state index contributed by atoms with van der Waals surface area (Å²) in [6.45, 7) is 1.62. The van der Waals surface area contributed by atoms with Gasteiger partial charge in [0.25, 0.3) is 0 Å². The van der Waals surface area contributed by atoms with Gasteiger partial charge in [0.2, 0.25) is 0 Å². The fourth-order valence-electron chi connectivity index (χ4n) is 1.49. The molecular weight excluding hydrogens is 214 g/mol. The van der Waals surface area contributed by atoms with E-state index in [4.69, 9.17) is 0 Å². The molecule has 1 aromatic heterocycles. The van der Waals surface area contributed by atoms with Crippen LogP contribution in [0.15, 0.2) is 18.2 Å². The van der Waals surface area contributed by atoms with Crippen LogP contribution in [0.5, 0.6) is 5.75 Å². The normalized spacial score (nSPS) is 10.8. The van der Waals surface area contributed by atoms with E-state index in [0.29, 0.717) is 5.69 Å². The van der Waals surface area contributed by atoms with Gasteiger partial charge in [-0.3, -0.25) is 4.68 Å². The van der Waals surface area contributed by atoms with Crippen LogP contribution >= 0.6 is 0 Å². The van der Waals surface area contributed by atoms with Gasteiger partial charge >= 0.3 is 0 Å². The molecule has 0 saturated carbocycles. The molecule has 1 N–H and O–H groups in total. The predicted octanol–water partition coefficient (Wildman–Crippen LogP) is 2.38. The van der Waals surface area contributed by atoms with E-state index in [1.165, 1.54) is 10.7 Å². The summed E-state index contributed by atoms with van der Waals surface area (Å²) < 4.78 is 28.3. The van der Waals surface area contributed by atoms with Gasteiger partial charge in [-0.1, -0.05) is 6.07 Å². The molecule has 0 aliphatic carbocycles. The summed E-state index contributed by atoms with van der Waals surface area (Å²) in [5.41, 5.74) is 0.0805. The number of hydrogen-bond donors (Lipinski definition) is 1. The van der Waals surface area contributed by atoms with Crippen LogP contribution in [0.25, 0.3) is 11.3 Å². The molecule has 0 aliphatic heterocycles. The molecule has 2 aromatic rings. The Kier molecular flexibility index (Phi) is 2.38. The molecule has 0 bridgehead atoms. The zero-order chi connectivity index (χ0) is 11.9. The highest BCUT2D eigenvalue weighted by Crippen LogP contribution is 2.33. The van der Waals surface area contributed by atoms with E-state index < -0.39 is 11.6 Å². The zero-order valence-electron chi connectivity index (χ0n) is 8.83. The van der Waals surface area contributed by atoms with Gasteiger partial charge in [-0.05, 0) is 19.1 Å². The molecule has 0 atom stereocenters. The van der Waals surface area contributed by atoms with Gasteiger partial charge in [0.1, 0.15) is 17.3 Å². The van der Waals surface area contributed by atoms with E-state index in [-0.39, 0.29) is 17.0 Å². The van der Waals surface area contributed by atoms with Crippen LogP contribution in [0, 0.1) is 18.6 Å². The van der Waals surface area contributed by atoms with E-state index in [1.807, 2.05) is 0 Å². The number of hydrogen-bond acceptors (Lipinski definition) is 2. The van der Waals surface area contributed by atoms with Crippen LogP contribution in [-0.4, -0.2) is 14.9 Å². The zero-order valence-corrected chi connectivity index (χ0v) is 8.83. The molecule has 0 saturated heterocycles. The first kappa shape index (κ1) is 10.6. The smallest absolute Gasteiger partial charge is 0.164 e. The molecule has 0 aliphatic rings. The quantitative estimate of drug-likeness (QED) is 0.807. The summed E-state index contributed by atoms with van der Waals surface area (Å²) in [6, 6.07) is 3.52. The molecule has 1 heterocycles. The van der Waals surface area contributed by atoms with Crippen LogP contribution in [0.2, 0.25) is 0 Å². The van der Waals surface area contributed by atoms with Gasteiger partial charge in [0.15, 0.2) is 5.75 Å². The first-order valence-corrected chi connectivity index (χ1v) is 4.69. The van der Waals surface area contributed by atoms with Gasteiger partial charge in [0.05, 0.1) is 11.3 Å². The average Bonchev–Trinajstić information content (AvgIpc) is 2.47. The third kappa shape index (κ3) is 1.44. The molecule has 0 amide bonds. The summed E-state index contributed by atoms with van der Waals surface area (Å²) in [5.74, 6) is -1.69. The largest absolute Gasteiger partial charge is 0.504 e. The minimum absolute atomic E-state index is 0.0735. The van der Waals surface area contributed by atoms with Crippen molar-refractivity contribution in [3.8, 4) is 17.0 Å². The summed E-state index contributed by atoms with van der Waals surface area (Å²) in [5, 5.41) is 13.6. The van der Waals surface area contributed by atoms with Crippen molar-refractivity contribution in [3.05, 3.63) is 35.5 Å². The van der Waals surface area contributed by atoms with E-state index in [9.17, 15) is 13.9 Å². The Hall–Kier alpha value is -1.91. The fourth-order valence-corrected chi connectivity index (χ4v) is 1.49. The summed E-state index contributed by atoms with van der Waals surface area (Å²) in [7, 11) is 1.59. The lowest BCUT2D eigenvalue weighted by Crippen LogP contribution is -1.94. The van der Waals surface area contributed by atoms with Gasteiger partial charge < -0.3 is 5.11 Å². The molecule has 0 unspecified atom stereocenters. The van der Waals surface area contributed by atoms with Crippen molar-refractivity contribution in [2.45, 2.75) is 6.92 Å². The van der Waals surface area contributed by atoms with Gasteiger partial charge in [-0.2, -0.15) is 5.10 Å². The maximum atomic E-state index is 13.5. The number of aryl methyl sites for hydroxylation is 1. The highest BCUT2D eigenvalue weighted by atomic mass is 19.1. The van der Waals surface area contributed by atoms with E-state index >= 15 is 0 Å². The number of aromatic nitrogens is 2. The molecule has 1 aromatic carbocycles. The van der Waals surface area contributed by atoms with Crippen LogP contribution in [-0.2, 0) is 7.05 Å². The van der Waals surface area contributed by atoms with Crippen LogP contribution in [0.3, 0.4) is 0 Å².